The number of halogens is 4. The Morgan fingerprint density at radius 1 is 1.21 bits per heavy atom. The van der Waals surface area contributed by atoms with Gasteiger partial charge >= 0.3 is 6.18 Å². The Labute approximate surface area is 163 Å². The van der Waals surface area contributed by atoms with Crippen LogP contribution < -0.4 is 10.3 Å². The Morgan fingerprint density at radius 3 is 2.61 bits per heavy atom. The van der Waals surface area contributed by atoms with Gasteiger partial charge in [0.1, 0.15) is 0 Å². The van der Waals surface area contributed by atoms with Crippen LogP contribution in [0, 0.1) is 5.92 Å². The molecular weight excluding hydrogens is 395 g/mol. The van der Waals surface area contributed by atoms with E-state index in [1.54, 1.807) is 24.3 Å². The number of hydrazone groups is 1. The molecule has 3 rings (SSSR count). The van der Waals surface area contributed by atoms with Gasteiger partial charge in [-0.3, -0.25) is 9.59 Å². The third kappa shape index (κ3) is 4.69. The first-order chi connectivity index (χ1) is 13.2. The second kappa shape index (κ2) is 8.02. The molecule has 1 saturated heterocycles. The monoisotopic (exact) mass is 409 g/mol. The molecular formula is C19H15ClF3N3O2. The van der Waals surface area contributed by atoms with Crippen LogP contribution in [0.5, 0.6) is 0 Å². The molecule has 1 aliphatic rings. The second-order valence-corrected chi connectivity index (χ2v) is 6.68. The number of amides is 2. The average molecular weight is 410 g/mol. The predicted molar refractivity (Wildman–Crippen MR) is 99.1 cm³/mol. The molecule has 1 heterocycles. The van der Waals surface area contributed by atoms with Crippen molar-refractivity contribution >= 4 is 35.3 Å². The van der Waals surface area contributed by atoms with Gasteiger partial charge < -0.3 is 4.90 Å². The van der Waals surface area contributed by atoms with Crippen LogP contribution in [0.2, 0.25) is 5.02 Å². The summed E-state index contributed by atoms with van der Waals surface area (Å²) in [5.74, 6) is -1.60. The number of alkyl halides is 3. The molecule has 0 bridgehead atoms. The van der Waals surface area contributed by atoms with Gasteiger partial charge in [-0.1, -0.05) is 29.8 Å². The summed E-state index contributed by atoms with van der Waals surface area (Å²) in [6, 6.07) is 11.2. The summed E-state index contributed by atoms with van der Waals surface area (Å²) < 4.78 is 38.6. The fraction of sp³-hybridized carbons (Fsp3) is 0.211. The SMILES string of the molecule is O=C(NN=Cc1ccc(Cl)cc1)C1CC(=O)N(c2cccc(C(F)(F)F)c2)C1. The number of hydrogen-bond donors (Lipinski definition) is 1. The van der Waals surface area contributed by atoms with Crippen LogP contribution in [0.25, 0.3) is 0 Å². The van der Waals surface area contributed by atoms with Crippen LogP contribution >= 0.6 is 11.6 Å². The molecule has 0 saturated carbocycles. The summed E-state index contributed by atoms with van der Waals surface area (Å²) in [6.45, 7) is -0.0115. The largest absolute Gasteiger partial charge is 0.416 e. The summed E-state index contributed by atoms with van der Waals surface area (Å²) in [4.78, 5) is 25.6. The molecule has 0 aromatic heterocycles. The van der Waals surface area contributed by atoms with E-state index in [0.29, 0.717) is 5.02 Å². The zero-order chi connectivity index (χ0) is 20.3. The van der Waals surface area contributed by atoms with Crippen LogP contribution in [0.1, 0.15) is 17.5 Å². The van der Waals surface area contributed by atoms with Gasteiger partial charge in [0.25, 0.3) is 0 Å². The number of nitrogens with one attached hydrogen (secondary N) is 1. The molecule has 9 heteroatoms. The lowest BCUT2D eigenvalue weighted by atomic mass is 10.1. The van der Waals surface area contributed by atoms with E-state index in [1.807, 2.05) is 0 Å². The number of carbonyl (C=O) groups excluding carboxylic acids is 2. The molecule has 146 valence electrons. The zero-order valence-electron chi connectivity index (χ0n) is 14.4. The lowest BCUT2D eigenvalue weighted by Crippen LogP contribution is -2.30. The minimum atomic E-state index is -4.51. The molecule has 2 amide bonds. The minimum Gasteiger partial charge on any atom is -0.312 e. The van der Waals surface area contributed by atoms with E-state index < -0.39 is 29.5 Å². The van der Waals surface area contributed by atoms with Crippen molar-refractivity contribution in [3.05, 3.63) is 64.7 Å². The highest BCUT2D eigenvalue weighted by Gasteiger charge is 2.36. The number of hydrogen-bond acceptors (Lipinski definition) is 3. The first-order valence-corrected chi connectivity index (χ1v) is 8.68. The van der Waals surface area contributed by atoms with Crippen LogP contribution in [-0.4, -0.2) is 24.6 Å². The van der Waals surface area contributed by atoms with Crippen molar-refractivity contribution in [1.82, 2.24) is 5.43 Å². The molecule has 1 aliphatic heterocycles. The van der Waals surface area contributed by atoms with Crippen LogP contribution in [0.3, 0.4) is 0 Å². The quantitative estimate of drug-likeness (QED) is 0.615. The summed E-state index contributed by atoms with van der Waals surface area (Å²) >= 11 is 5.78. The van der Waals surface area contributed by atoms with Gasteiger partial charge in [0.05, 0.1) is 17.7 Å². The van der Waals surface area contributed by atoms with E-state index in [-0.39, 0.29) is 18.7 Å². The zero-order valence-corrected chi connectivity index (χ0v) is 15.2. The fourth-order valence-electron chi connectivity index (χ4n) is 2.79. The molecule has 0 spiro atoms. The first-order valence-electron chi connectivity index (χ1n) is 8.30. The van der Waals surface area contributed by atoms with Gasteiger partial charge in [-0.25, -0.2) is 5.43 Å². The smallest absolute Gasteiger partial charge is 0.312 e. The van der Waals surface area contributed by atoms with Crippen molar-refractivity contribution in [2.24, 2.45) is 11.0 Å². The third-order valence-electron chi connectivity index (χ3n) is 4.24. The van der Waals surface area contributed by atoms with E-state index in [9.17, 15) is 22.8 Å². The highest BCUT2D eigenvalue weighted by Crippen LogP contribution is 2.33. The Balaban J connectivity index is 1.64. The summed E-state index contributed by atoms with van der Waals surface area (Å²) in [7, 11) is 0. The van der Waals surface area contributed by atoms with Crippen molar-refractivity contribution in [2.45, 2.75) is 12.6 Å². The number of carbonyl (C=O) groups is 2. The molecule has 1 fully saturated rings. The molecule has 2 aromatic carbocycles. The third-order valence-corrected chi connectivity index (χ3v) is 4.49. The Bertz CT molecular complexity index is 913. The predicted octanol–water partition coefficient (Wildman–Crippen LogP) is 3.86. The highest BCUT2D eigenvalue weighted by atomic mass is 35.5. The van der Waals surface area contributed by atoms with Gasteiger partial charge in [0, 0.05) is 23.7 Å². The second-order valence-electron chi connectivity index (χ2n) is 6.24. The van der Waals surface area contributed by atoms with E-state index in [2.05, 4.69) is 10.5 Å². The highest BCUT2D eigenvalue weighted by molar-refractivity contribution is 6.30. The summed E-state index contributed by atoms with van der Waals surface area (Å²) in [5, 5.41) is 4.41. The van der Waals surface area contributed by atoms with Crippen molar-refractivity contribution in [3.8, 4) is 0 Å². The van der Waals surface area contributed by atoms with Crippen LogP contribution in [-0.2, 0) is 15.8 Å². The topological polar surface area (TPSA) is 61.8 Å². The van der Waals surface area contributed by atoms with Crippen molar-refractivity contribution < 1.29 is 22.8 Å². The van der Waals surface area contributed by atoms with Gasteiger partial charge in [0.2, 0.25) is 11.8 Å². The maximum absolute atomic E-state index is 12.9. The maximum atomic E-state index is 12.9. The molecule has 0 radical (unpaired) electrons. The van der Waals surface area contributed by atoms with Gasteiger partial charge in [-0.2, -0.15) is 18.3 Å². The van der Waals surface area contributed by atoms with Gasteiger partial charge in [-0.05, 0) is 35.9 Å². The Kier molecular flexibility index (Phi) is 5.69. The van der Waals surface area contributed by atoms with Crippen LogP contribution in [0.4, 0.5) is 18.9 Å². The Morgan fingerprint density at radius 2 is 1.93 bits per heavy atom. The number of anilines is 1. The first kappa shape index (κ1) is 19.9. The Hall–Kier alpha value is -2.87. The molecule has 1 unspecified atom stereocenters. The van der Waals surface area contributed by atoms with Crippen molar-refractivity contribution in [1.29, 1.82) is 0 Å². The molecule has 28 heavy (non-hydrogen) atoms. The maximum Gasteiger partial charge on any atom is 0.416 e. The molecule has 5 nitrogen and oxygen atoms in total. The normalized spacial score (nSPS) is 17.4. The molecule has 0 aliphatic carbocycles. The van der Waals surface area contributed by atoms with Crippen molar-refractivity contribution in [2.75, 3.05) is 11.4 Å². The van der Waals surface area contributed by atoms with Gasteiger partial charge in [-0.15, -0.1) is 0 Å². The van der Waals surface area contributed by atoms with Gasteiger partial charge in [0.15, 0.2) is 0 Å². The summed E-state index contributed by atoms with van der Waals surface area (Å²) in [5.41, 5.74) is 2.34. The fourth-order valence-corrected chi connectivity index (χ4v) is 2.92. The number of benzene rings is 2. The van der Waals surface area contributed by atoms with E-state index in [0.717, 1.165) is 17.7 Å². The van der Waals surface area contributed by atoms with E-state index >= 15 is 0 Å². The standard InChI is InChI=1S/C19H15ClF3N3O2/c20-15-6-4-12(5-7-15)10-24-25-18(28)13-8-17(27)26(11-13)16-3-1-2-14(9-16)19(21,22)23/h1-7,9-10,13H,8,11H2,(H,25,28). The average Bonchev–Trinajstić information content (AvgIpc) is 3.04. The number of nitrogens with zero attached hydrogens (tertiary/aromatic N) is 2. The number of rotatable bonds is 4. The minimum absolute atomic E-state index is 0.0115. The van der Waals surface area contributed by atoms with Crippen molar-refractivity contribution in [3.63, 3.8) is 0 Å². The molecule has 1 N–H and O–H groups in total. The molecule has 1 atom stereocenters. The molecule has 2 aromatic rings. The lowest BCUT2D eigenvalue weighted by Gasteiger charge is -2.18. The van der Waals surface area contributed by atoms with E-state index in [1.165, 1.54) is 23.2 Å². The van der Waals surface area contributed by atoms with E-state index in [4.69, 9.17) is 11.6 Å². The lowest BCUT2D eigenvalue weighted by molar-refractivity contribution is -0.137. The summed E-state index contributed by atoms with van der Waals surface area (Å²) in [6.07, 6.45) is -3.18. The van der Waals surface area contributed by atoms with Crippen LogP contribution in [0.15, 0.2) is 53.6 Å².